The van der Waals surface area contributed by atoms with Crippen LogP contribution in [0, 0.1) is 0 Å². The van der Waals surface area contributed by atoms with Gasteiger partial charge in [-0.3, -0.25) is 0 Å². The molecule has 0 atom stereocenters. The average Bonchev–Trinajstić information content (AvgIpc) is 3.00. The summed E-state index contributed by atoms with van der Waals surface area (Å²) in [7, 11) is 4.93. The van der Waals surface area contributed by atoms with Crippen molar-refractivity contribution in [3.63, 3.8) is 0 Å². The first-order chi connectivity index (χ1) is 21.1. The van der Waals surface area contributed by atoms with Crippen LogP contribution in [0.5, 0.6) is 0 Å². The molecule has 0 aliphatic carbocycles. The summed E-state index contributed by atoms with van der Waals surface area (Å²) in [5, 5.41) is 8.81. The van der Waals surface area contributed by atoms with Crippen LogP contribution in [-0.2, 0) is 0 Å². The molecule has 0 unspecified atom stereocenters. The third kappa shape index (κ3) is 38.0. The highest BCUT2D eigenvalue weighted by molar-refractivity contribution is 4.53. The van der Waals surface area contributed by atoms with Crippen molar-refractivity contribution in [1.29, 1.82) is 0 Å². The number of aliphatic hydroxyl groups excluding tert-OH is 1. The van der Waals surface area contributed by atoms with Crippen LogP contribution < -0.4 is 0 Å². The lowest BCUT2D eigenvalue weighted by molar-refractivity contribution is -0.890. The smallest absolute Gasteiger partial charge is 0.0782 e. The molecule has 0 aromatic heterocycles. The standard InChI is InChI=1S/C41H86NO/c1-4-5-6-7-8-9-10-11-12-18-21-24-27-30-33-36-39-42(2,3)40-37-34-31-28-25-22-19-16-14-13-15-17-20-23-26-29-32-35-38-41-43/h43H,4-41H2,1-3H3/q+1. The summed E-state index contributed by atoms with van der Waals surface area (Å²) in [6.07, 6.45) is 50.1. The second-order valence-electron chi connectivity index (χ2n) is 15.1. The molecule has 0 radical (unpaired) electrons. The van der Waals surface area contributed by atoms with Crippen molar-refractivity contribution in [3.8, 4) is 0 Å². The summed E-state index contributed by atoms with van der Waals surface area (Å²) in [5.74, 6) is 0. The predicted octanol–water partition coefficient (Wildman–Crippen LogP) is 13.7. The molecule has 0 amide bonds. The number of hydrogen-bond acceptors (Lipinski definition) is 1. The molecule has 2 heteroatoms. The molecule has 0 aromatic carbocycles. The second-order valence-corrected chi connectivity index (χ2v) is 15.1. The minimum Gasteiger partial charge on any atom is -0.396 e. The topological polar surface area (TPSA) is 20.2 Å². The van der Waals surface area contributed by atoms with Gasteiger partial charge in [0.2, 0.25) is 0 Å². The van der Waals surface area contributed by atoms with E-state index in [4.69, 9.17) is 5.11 Å². The first-order valence-electron chi connectivity index (χ1n) is 20.6. The number of rotatable bonds is 38. The number of aliphatic hydroxyl groups is 1. The maximum atomic E-state index is 8.81. The van der Waals surface area contributed by atoms with E-state index < -0.39 is 0 Å². The van der Waals surface area contributed by atoms with E-state index in [-0.39, 0.29) is 0 Å². The quantitative estimate of drug-likeness (QED) is 0.0546. The van der Waals surface area contributed by atoms with E-state index in [1.54, 1.807) is 0 Å². The lowest BCUT2D eigenvalue weighted by Gasteiger charge is -2.30. The molecule has 1 N–H and O–H groups in total. The Kier molecular flexibility index (Phi) is 36.3. The van der Waals surface area contributed by atoms with E-state index in [0.717, 1.165) is 6.42 Å². The van der Waals surface area contributed by atoms with E-state index in [0.29, 0.717) is 6.61 Å². The first kappa shape index (κ1) is 42.9. The Hall–Kier alpha value is -0.0800. The molecule has 0 rings (SSSR count). The van der Waals surface area contributed by atoms with Gasteiger partial charge in [0.15, 0.2) is 0 Å². The van der Waals surface area contributed by atoms with Crippen LogP contribution in [0.1, 0.15) is 232 Å². The van der Waals surface area contributed by atoms with Crippen molar-refractivity contribution < 1.29 is 9.59 Å². The highest BCUT2D eigenvalue weighted by atomic mass is 16.2. The predicted molar refractivity (Wildman–Crippen MR) is 196 cm³/mol. The summed E-state index contributed by atoms with van der Waals surface area (Å²) in [6, 6.07) is 0. The molecule has 0 bridgehead atoms. The maximum absolute atomic E-state index is 8.81. The summed E-state index contributed by atoms with van der Waals surface area (Å²) in [5.41, 5.74) is 0. The van der Waals surface area contributed by atoms with Gasteiger partial charge < -0.3 is 9.59 Å². The Bertz CT molecular complexity index is 490. The van der Waals surface area contributed by atoms with Gasteiger partial charge in [0.1, 0.15) is 0 Å². The van der Waals surface area contributed by atoms with Crippen LogP contribution in [-0.4, -0.2) is 43.4 Å². The zero-order valence-corrected chi connectivity index (χ0v) is 30.8. The zero-order chi connectivity index (χ0) is 31.4. The minimum absolute atomic E-state index is 0.373. The Balaban J connectivity index is 3.25. The number of nitrogens with zero attached hydrogens (tertiary/aromatic N) is 1. The van der Waals surface area contributed by atoms with Crippen LogP contribution >= 0.6 is 0 Å². The third-order valence-electron chi connectivity index (χ3n) is 10.0. The fraction of sp³-hybridized carbons (Fsp3) is 1.00. The summed E-state index contributed by atoms with van der Waals surface area (Å²) >= 11 is 0. The Morgan fingerprint density at radius 1 is 0.279 bits per heavy atom. The van der Waals surface area contributed by atoms with Crippen molar-refractivity contribution in [1.82, 2.24) is 0 Å². The van der Waals surface area contributed by atoms with E-state index in [1.807, 2.05) is 0 Å². The number of unbranched alkanes of at least 4 members (excludes halogenated alkanes) is 33. The molecule has 260 valence electrons. The zero-order valence-electron chi connectivity index (χ0n) is 30.8. The molecule has 0 saturated heterocycles. The van der Waals surface area contributed by atoms with E-state index in [2.05, 4.69) is 21.0 Å². The van der Waals surface area contributed by atoms with Gasteiger partial charge in [-0.1, -0.05) is 200 Å². The molecular weight excluding hydrogens is 522 g/mol. The van der Waals surface area contributed by atoms with Gasteiger partial charge in [-0.2, -0.15) is 0 Å². The lowest BCUT2D eigenvalue weighted by Crippen LogP contribution is -2.41. The highest BCUT2D eigenvalue weighted by Crippen LogP contribution is 2.17. The first-order valence-corrected chi connectivity index (χ1v) is 20.6. The summed E-state index contributed by atoms with van der Waals surface area (Å²) < 4.78 is 1.24. The molecule has 0 aromatic rings. The van der Waals surface area contributed by atoms with Gasteiger partial charge in [-0.05, 0) is 32.1 Å². The van der Waals surface area contributed by atoms with Crippen molar-refractivity contribution in [2.75, 3.05) is 33.8 Å². The largest absolute Gasteiger partial charge is 0.396 e. The van der Waals surface area contributed by atoms with Crippen LogP contribution in [0.2, 0.25) is 0 Å². The van der Waals surface area contributed by atoms with E-state index >= 15 is 0 Å². The molecule has 43 heavy (non-hydrogen) atoms. The summed E-state index contributed by atoms with van der Waals surface area (Å²) in [6.45, 7) is 5.44. The highest BCUT2D eigenvalue weighted by Gasteiger charge is 2.13. The van der Waals surface area contributed by atoms with Crippen LogP contribution in [0.15, 0.2) is 0 Å². The van der Waals surface area contributed by atoms with Crippen molar-refractivity contribution in [2.24, 2.45) is 0 Å². The normalized spacial score (nSPS) is 12.0. The molecular formula is C41H86NO+. The van der Waals surface area contributed by atoms with Crippen LogP contribution in [0.25, 0.3) is 0 Å². The van der Waals surface area contributed by atoms with Gasteiger partial charge in [0, 0.05) is 6.61 Å². The Morgan fingerprint density at radius 3 is 0.674 bits per heavy atom. The number of quaternary nitrogens is 1. The van der Waals surface area contributed by atoms with Crippen molar-refractivity contribution >= 4 is 0 Å². The molecule has 0 heterocycles. The SMILES string of the molecule is CCCCCCCCCCCCCCCCCC[N+](C)(C)CCCCCCCCCCCCCCCCCCCCCO. The Labute approximate surface area is 274 Å². The number of hydrogen-bond donors (Lipinski definition) is 1. The van der Waals surface area contributed by atoms with Gasteiger partial charge in [-0.15, -0.1) is 0 Å². The monoisotopic (exact) mass is 609 g/mol. The Morgan fingerprint density at radius 2 is 0.465 bits per heavy atom. The van der Waals surface area contributed by atoms with Gasteiger partial charge in [0.05, 0.1) is 27.2 Å². The molecule has 0 fully saturated rings. The molecule has 0 saturated carbocycles. The van der Waals surface area contributed by atoms with Gasteiger partial charge in [0.25, 0.3) is 0 Å². The van der Waals surface area contributed by atoms with Crippen LogP contribution in [0.4, 0.5) is 0 Å². The van der Waals surface area contributed by atoms with E-state index in [1.165, 1.54) is 236 Å². The second kappa shape index (κ2) is 36.4. The fourth-order valence-corrected chi connectivity index (χ4v) is 6.86. The van der Waals surface area contributed by atoms with Gasteiger partial charge >= 0.3 is 0 Å². The third-order valence-corrected chi connectivity index (χ3v) is 10.0. The molecule has 0 aliphatic heterocycles. The van der Waals surface area contributed by atoms with Crippen molar-refractivity contribution in [3.05, 3.63) is 0 Å². The maximum Gasteiger partial charge on any atom is 0.0782 e. The average molecular weight is 609 g/mol. The van der Waals surface area contributed by atoms with Gasteiger partial charge in [-0.25, -0.2) is 0 Å². The molecule has 0 spiro atoms. The molecule has 2 nitrogen and oxygen atoms in total. The van der Waals surface area contributed by atoms with E-state index in [9.17, 15) is 0 Å². The lowest BCUT2D eigenvalue weighted by atomic mass is 10.0. The molecule has 0 aliphatic rings. The fourth-order valence-electron chi connectivity index (χ4n) is 6.86. The minimum atomic E-state index is 0.373. The van der Waals surface area contributed by atoms with Crippen LogP contribution in [0.3, 0.4) is 0 Å². The van der Waals surface area contributed by atoms with Crippen molar-refractivity contribution in [2.45, 2.75) is 232 Å². The summed E-state index contributed by atoms with van der Waals surface area (Å²) in [4.78, 5) is 0.